The van der Waals surface area contributed by atoms with Crippen LogP contribution in [-0.2, 0) is 0 Å². The predicted molar refractivity (Wildman–Crippen MR) is 74.7 cm³/mol. The van der Waals surface area contributed by atoms with E-state index in [1.807, 2.05) is 6.08 Å². The lowest BCUT2D eigenvalue weighted by atomic mass is 10.0. The van der Waals surface area contributed by atoms with Gasteiger partial charge in [0, 0.05) is 10.5 Å². The van der Waals surface area contributed by atoms with Gasteiger partial charge in [-0.15, -0.1) is 6.58 Å². The van der Waals surface area contributed by atoms with E-state index < -0.39 is 0 Å². The fraction of sp³-hybridized carbons (Fsp3) is 0.429. The molecule has 0 saturated heterocycles. The first-order valence-electron chi connectivity index (χ1n) is 5.79. The smallest absolute Gasteiger partial charge is 0.0323 e. The minimum Gasteiger partial charge on any atom is -0.310 e. The van der Waals surface area contributed by atoms with Crippen molar-refractivity contribution in [3.05, 3.63) is 46.5 Å². The third-order valence-electron chi connectivity index (χ3n) is 2.71. The van der Waals surface area contributed by atoms with E-state index in [9.17, 15) is 0 Å². The highest BCUT2D eigenvalue weighted by Crippen LogP contribution is 2.24. The molecule has 0 aliphatic heterocycles. The Hall–Kier alpha value is -0.600. The first-order chi connectivity index (χ1) is 7.69. The van der Waals surface area contributed by atoms with Crippen molar-refractivity contribution in [1.29, 1.82) is 0 Å². The molecular weight excluding hydrogens is 262 g/mol. The summed E-state index contributed by atoms with van der Waals surface area (Å²) in [6.07, 6.45) is 4.13. The summed E-state index contributed by atoms with van der Waals surface area (Å²) in [5, 5.41) is 3.51. The highest BCUT2D eigenvalue weighted by Gasteiger charge is 2.09. The quantitative estimate of drug-likeness (QED) is 0.764. The van der Waals surface area contributed by atoms with Gasteiger partial charge in [0.15, 0.2) is 0 Å². The van der Waals surface area contributed by atoms with Crippen LogP contribution in [0.25, 0.3) is 0 Å². The third kappa shape index (κ3) is 3.76. The molecule has 1 nitrogen and oxygen atoms in total. The van der Waals surface area contributed by atoms with Crippen molar-refractivity contribution < 1.29 is 0 Å². The molecule has 1 rings (SSSR count). The van der Waals surface area contributed by atoms with Gasteiger partial charge in [0.25, 0.3) is 0 Å². The molecule has 88 valence electrons. The Balaban J connectivity index is 2.82. The molecule has 1 aromatic rings. The van der Waals surface area contributed by atoms with Crippen LogP contribution in [0.5, 0.6) is 0 Å². The molecule has 0 fully saturated rings. The van der Waals surface area contributed by atoms with Crippen LogP contribution in [0.1, 0.15) is 36.9 Å². The number of benzene rings is 1. The van der Waals surface area contributed by atoms with E-state index >= 15 is 0 Å². The monoisotopic (exact) mass is 281 g/mol. The van der Waals surface area contributed by atoms with Gasteiger partial charge in [0.05, 0.1) is 0 Å². The van der Waals surface area contributed by atoms with Crippen LogP contribution in [0, 0.1) is 6.92 Å². The molecule has 1 aromatic carbocycles. The first-order valence-corrected chi connectivity index (χ1v) is 6.58. The number of hydrogen-bond acceptors (Lipinski definition) is 1. The largest absolute Gasteiger partial charge is 0.310 e. The van der Waals surface area contributed by atoms with Gasteiger partial charge in [-0.05, 0) is 43.5 Å². The fourth-order valence-corrected chi connectivity index (χ4v) is 2.14. The van der Waals surface area contributed by atoms with Gasteiger partial charge in [-0.2, -0.15) is 0 Å². The maximum absolute atomic E-state index is 3.78. The van der Waals surface area contributed by atoms with Crippen LogP contribution >= 0.6 is 15.9 Å². The number of aryl methyl sites for hydroxylation is 1. The summed E-state index contributed by atoms with van der Waals surface area (Å²) >= 11 is 3.59. The normalized spacial score (nSPS) is 12.4. The number of rotatable bonds is 6. The maximum Gasteiger partial charge on any atom is 0.0323 e. The summed E-state index contributed by atoms with van der Waals surface area (Å²) in [4.78, 5) is 0. The van der Waals surface area contributed by atoms with Crippen LogP contribution in [0.15, 0.2) is 35.3 Å². The molecule has 0 heterocycles. The van der Waals surface area contributed by atoms with E-state index in [1.165, 1.54) is 15.6 Å². The molecule has 0 aromatic heterocycles. The highest BCUT2D eigenvalue weighted by atomic mass is 79.9. The van der Waals surface area contributed by atoms with Crippen molar-refractivity contribution in [3.8, 4) is 0 Å². The van der Waals surface area contributed by atoms with Crippen LogP contribution in [-0.4, -0.2) is 6.54 Å². The fourth-order valence-electron chi connectivity index (χ4n) is 1.74. The molecule has 0 radical (unpaired) electrons. The lowest BCUT2D eigenvalue weighted by Crippen LogP contribution is -2.20. The summed E-state index contributed by atoms with van der Waals surface area (Å²) in [5.41, 5.74) is 2.63. The zero-order valence-electron chi connectivity index (χ0n) is 10.1. The van der Waals surface area contributed by atoms with E-state index in [0.717, 1.165) is 19.4 Å². The Morgan fingerprint density at radius 1 is 1.50 bits per heavy atom. The zero-order chi connectivity index (χ0) is 12.0. The lowest BCUT2D eigenvalue weighted by molar-refractivity contribution is 0.519. The molecule has 1 unspecified atom stereocenters. The molecule has 0 bridgehead atoms. The van der Waals surface area contributed by atoms with Gasteiger partial charge in [-0.1, -0.05) is 41.1 Å². The highest BCUT2D eigenvalue weighted by molar-refractivity contribution is 9.10. The molecule has 1 N–H and O–H groups in total. The van der Waals surface area contributed by atoms with Crippen molar-refractivity contribution in [2.24, 2.45) is 0 Å². The van der Waals surface area contributed by atoms with E-state index in [1.54, 1.807) is 0 Å². The van der Waals surface area contributed by atoms with Crippen LogP contribution in [0.3, 0.4) is 0 Å². The average molecular weight is 282 g/mol. The molecular formula is C14H20BrN. The minimum absolute atomic E-state index is 0.430. The van der Waals surface area contributed by atoms with Gasteiger partial charge in [-0.25, -0.2) is 0 Å². The Morgan fingerprint density at radius 3 is 2.81 bits per heavy atom. The summed E-state index contributed by atoms with van der Waals surface area (Å²) < 4.78 is 1.19. The molecule has 16 heavy (non-hydrogen) atoms. The lowest BCUT2D eigenvalue weighted by Gasteiger charge is -2.18. The second-order valence-corrected chi connectivity index (χ2v) is 4.84. The van der Waals surface area contributed by atoms with Gasteiger partial charge < -0.3 is 5.32 Å². The number of halogens is 1. The number of nitrogens with one attached hydrogen (secondary N) is 1. The van der Waals surface area contributed by atoms with E-state index in [4.69, 9.17) is 0 Å². The Bertz CT molecular complexity index is 347. The van der Waals surface area contributed by atoms with Crippen LogP contribution in [0.2, 0.25) is 0 Å². The topological polar surface area (TPSA) is 12.0 Å². The SMILES string of the molecule is C=CCCC(NCC)c1ccc(C)c(Br)c1. The maximum atomic E-state index is 3.78. The van der Waals surface area contributed by atoms with Gasteiger partial charge in [-0.3, -0.25) is 0 Å². The van der Waals surface area contributed by atoms with Crippen LogP contribution < -0.4 is 5.32 Å². The van der Waals surface area contributed by atoms with E-state index in [-0.39, 0.29) is 0 Å². The van der Waals surface area contributed by atoms with E-state index in [2.05, 4.69) is 59.9 Å². The van der Waals surface area contributed by atoms with Crippen molar-refractivity contribution in [2.75, 3.05) is 6.54 Å². The molecule has 2 heteroatoms. The Kier molecular flexibility index (Phi) is 5.78. The Labute approximate surface area is 107 Å². The van der Waals surface area contributed by atoms with Crippen LogP contribution in [0.4, 0.5) is 0 Å². The summed E-state index contributed by atoms with van der Waals surface area (Å²) in [7, 11) is 0. The zero-order valence-corrected chi connectivity index (χ0v) is 11.7. The van der Waals surface area contributed by atoms with E-state index in [0.29, 0.717) is 6.04 Å². The second-order valence-electron chi connectivity index (χ2n) is 3.98. The number of hydrogen-bond donors (Lipinski definition) is 1. The van der Waals surface area contributed by atoms with Gasteiger partial charge >= 0.3 is 0 Å². The standard InChI is InChI=1S/C14H20BrN/c1-4-6-7-14(16-5-2)12-9-8-11(3)13(15)10-12/h4,8-10,14,16H,1,5-7H2,2-3H3. The molecule has 0 saturated carbocycles. The summed E-state index contributed by atoms with van der Waals surface area (Å²) in [6, 6.07) is 7.01. The second kappa shape index (κ2) is 6.87. The molecule has 0 spiro atoms. The number of allylic oxidation sites excluding steroid dienone is 1. The molecule has 1 atom stereocenters. The first kappa shape index (κ1) is 13.5. The van der Waals surface area contributed by atoms with Crippen molar-refractivity contribution >= 4 is 15.9 Å². The molecule has 0 aliphatic rings. The molecule has 0 amide bonds. The Morgan fingerprint density at radius 2 is 2.25 bits per heavy atom. The average Bonchev–Trinajstić information content (AvgIpc) is 2.28. The van der Waals surface area contributed by atoms with Crippen molar-refractivity contribution in [2.45, 2.75) is 32.7 Å². The minimum atomic E-state index is 0.430. The predicted octanol–water partition coefficient (Wildman–Crippen LogP) is 4.37. The van der Waals surface area contributed by atoms with Gasteiger partial charge in [0.1, 0.15) is 0 Å². The molecule has 0 aliphatic carbocycles. The third-order valence-corrected chi connectivity index (χ3v) is 3.56. The van der Waals surface area contributed by atoms with Crippen molar-refractivity contribution in [3.63, 3.8) is 0 Å². The van der Waals surface area contributed by atoms with Crippen molar-refractivity contribution in [1.82, 2.24) is 5.32 Å². The summed E-state index contributed by atoms with van der Waals surface area (Å²) in [5.74, 6) is 0. The summed E-state index contributed by atoms with van der Waals surface area (Å²) in [6.45, 7) is 9.03. The van der Waals surface area contributed by atoms with Gasteiger partial charge in [0.2, 0.25) is 0 Å².